The second kappa shape index (κ2) is 6.58. The van der Waals surface area contributed by atoms with Crippen LogP contribution in [0.4, 0.5) is 0 Å². The van der Waals surface area contributed by atoms with Gasteiger partial charge in [-0.05, 0) is 12.5 Å². The average Bonchev–Trinajstić information content (AvgIpc) is 2.59. The molecular formula is C12H15N3S2. The Morgan fingerprint density at radius 2 is 1.94 bits per heavy atom. The van der Waals surface area contributed by atoms with Gasteiger partial charge < -0.3 is 4.90 Å². The van der Waals surface area contributed by atoms with Gasteiger partial charge in [-0.25, -0.2) is 0 Å². The molecule has 2 atom stereocenters. The van der Waals surface area contributed by atoms with Gasteiger partial charge in [-0.3, -0.25) is 5.41 Å². The summed E-state index contributed by atoms with van der Waals surface area (Å²) >= 11 is 4.74. The molecule has 5 heteroatoms. The molecule has 0 aliphatic carbocycles. The highest BCUT2D eigenvalue weighted by Crippen LogP contribution is 2.41. The van der Waals surface area contributed by atoms with Crippen molar-refractivity contribution in [2.75, 3.05) is 7.05 Å². The predicted octanol–water partition coefficient (Wildman–Crippen LogP) is 3.13. The first-order chi connectivity index (χ1) is 8.11. The molecule has 2 rings (SSSR count). The molecule has 3 nitrogen and oxygen atoms in total. The molecule has 2 unspecified atom stereocenters. The molecule has 0 bridgehead atoms. The van der Waals surface area contributed by atoms with E-state index in [0.717, 1.165) is 0 Å². The first-order valence-corrected chi connectivity index (χ1v) is 6.50. The molecule has 0 saturated carbocycles. The number of amidine groups is 1. The Morgan fingerprint density at radius 1 is 1.41 bits per heavy atom. The number of nitrogens with one attached hydrogen (secondary N) is 1. The van der Waals surface area contributed by atoms with Crippen molar-refractivity contribution in [1.82, 2.24) is 4.90 Å². The van der Waals surface area contributed by atoms with Crippen LogP contribution in [0.25, 0.3) is 0 Å². The van der Waals surface area contributed by atoms with Gasteiger partial charge in [0.2, 0.25) is 0 Å². The van der Waals surface area contributed by atoms with E-state index in [1.165, 1.54) is 11.0 Å². The lowest BCUT2D eigenvalue weighted by Crippen LogP contribution is -2.27. The summed E-state index contributed by atoms with van der Waals surface area (Å²) in [5, 5.41) is 17.5. The van der Waals surface area contributed by atoms with Gasteiger partial charge >= 0.3 is 0 Å². The van der Waals surface area contributed by atoms with E-state index in [9.17, 15) is 0 Å². The predicted molar refractivity (Wildman–Crippen MR) is 76.3 cm³/mol. The SMILES string of the molecule is CC1C(c2ccccc2)SC(=N)N1C.N#CS. The van der Waals surface area contributed by atoms with Gasteiger partial charge in [-0.1, -0.05) is 54.7 Å². The van der Waals surface area contributed by atoms with Crippen LogP contribution in [0.3, 0.4) is 0 Å². The van der Waals surface area contributed by atoms with E-state index in [0.29, 0.717) is 16.5 Å². The van der Waals surface area contributed by atoms with Crippen molar-refractivity contribution in [3.8, 4) is 5.40 Å². The molecule has 1 fully saturated rings. The van der Waals surface area contributed by atoms with E-state index in [1.807, 2.05) is 18.0 Å². The van der Waals surface area contributed by atoms with Gasteiger partial charge in [0.25, 0.3) is 0 Å². The Balaban J connectivity index is 0.000000437. The van der Waals surface area contributed by atoms with E-state index in [4.69, 9.17) is 10.7 Å². The molecule has 1 aromatic rings. The summed E-state index contributed by atoms with van der Waals surface area (Å²) < 4.78 is 0. The summed E-state index contributed by atoms with van der Waals surface area (Å²) in [6.07, 6.45) is 0. The molecule has 0 aromatic heterocycles. The van der Waals surface area contributed by atoms with Crippen molar-refractivity contribution in [3.63, 3.8) is 0 Å². The van der Waals surface area contributed by atoms with E-state index >= 15 is 0 Å². The first-order valence-electron chi connectivity index (χ1n) is 5.18. The molecule has 1 saturated heterocycles. The number of thiocyanates is 1. The van der Waals surface area contributed by atoms with Crippen molar-refractivity contribution in [1.29, 1.82) is 10.7 Å². The average molecular weight is 265 g/mol. The highest BCUT2D eigenvalue weighted by molar-refractivity contribution is 8.14. The van der Waals surface area contributed by atoms with Crippen LogP contribution in [0, 0.1) is 16.1 Å². The Labute approximate surface area is 112 Å². The molecule has 1 aliphatic rings. The number of nitrogens with zero attached hydrogens (tertiary/aromatic N) is 2. The first kappa shape index (κ1) is 13.9. The molecule has 1 aliphatic heterocycles. The van der Waals surface area contributed by atoms with Crippen molar-refractivity contribution in [2.24, 2.45) is 0 Å². The lowest BCUT2D eigenvalue weighted by atomic mass is 10.1. The fraction of sp³-hybridized carbons (Fsp3) is 0.333. The lowest BCUT2D eigenvalue weighted by Gasteiger charge is -2.19. The maximum Gasteiger partial charge on any atom is 0.157 e. The van der Waals surface area contributed by atoms with Crippen molar-refractivity contribution < 1.29 is 0 Å². The summed E-state index contributed by atoms with van der Waals surface area (Å²) in [6.45, 7) is 2.17. The lowest BCUT2D eigenvalue weighted by molar-refractivity contribution is 0.402. The molecule has 1 heterocycles. The maximum atomic E-state index is 7.75. The molecule has 17 heavy (non-hydrogen) atoms. The summed E-state index contributed by atoms with van der Waals surface area (Å²) in [6, 6.07) is 10.8. The van der Waals surface area contributed by atoms with Crippen LogP contribution in [0.1, 0.15) is 17.7 Å². The third-order valence-electron chi connectivity index (χ3n) is 2.74. The number of hydrogen-bond donors (Lipinski definition) is 2. The minimum absolute atomic E-state index is 0.411. The highest BCUT2D eigenvalue weighted by Gasteiger charge is 2.33. The van der Waals surface area contributed by atoms with Crippen molar-refractivity contribution in [3.05, 3.63) is 35.9 Å². The summed E-state index contributed by atoms with van der Waals surface area (Å²) in [5.74, 6) is 0. The molecule has 0 radical (unpaired) electrons. The van der Waals surface area contributed by atoms with Gasteiger partial charge in [0.05, 0.1) is 5.25 Å². The van der Waals surface area contributed by atoms with Crippen LogP contribution in [0.2, 0.25) is 0 Å². The summed E-state index contributed by atoms with van der Waals surface area (Å²) in [7, 11) is 1.99. The van der Waals surface area contributed by atoms with Gasteiger partial charge in [-0.2, -0.15) is 5.26 Å². The summed E-state index contributed by atoms with van der Waals surface area (Å²) in [5.41, 5.74) is 1.32. The third-order valence-corrected chi connectivity index (χ3v) is 4.17. The van der Waals surface area contributed by atoms with E-state index in [2.05, 4.69) is 43.8 Å². The molecule has 0 spiro atoms. The molecular weight excluding hydrogens is 250 g/mol. The zero-order valence-corrected chi connectivity index (χ0v) is 11.5. The molecule has 1 N–H and O–H groups in total. The Hall–Kier alpha value is -1.12. The Morgan fingerprint density at radius 3 is 2.35 bits per heavy atom. The van der Waals surface area contributed by atoms with Gasteiger partial charge in [-0.15, -0.1) is 0 Å². The van der Waals surface area contributed by atoms with Crippen LogP contribution in [0.5, 0.6) is 0 Å². The van der Waals surface area contributed by atoms with Crippen molar-refractivity contribution in [2.45, 2.75) is 18.2 Å². The number of likely N-dealkylation sites (N-methyl/N-ethyl adjacent to an activating group) is 1. The standard InChI is InChI=1S/C11H14N2S.CHNS/c1-8-10(14-11(12)13(8)2)9-6-4-3-5-7-9;2-1-3/h3-8,10,12H,1-2H3;3H. The second-order valence-electron chi connectivity index (χ2n) is 3.71. The zero-order chi connectivity index (χ0) is 12.8. The highest BCUT2D eigenvalue weighted by atomic mass is 32.2. The van der Waals surface area contributed by atoms with Gasteiger partial charge in [0.1, 0.15) is 5.40 Å². The Bertz CT molecular complexity index is 414. The van der Waals surface area contributed by atoms with Crippen LogP contribution in [-0.4, -0.2) is 23.2 Å². The number of thioether (sulfide) groups is 1. The van der Waals surface area contributed by atoms with Crippen LogP contribution in [0.15, 0.2) is 30.3 Å². The van der Waals surface area contributed by atoms with E-state index < -0.39 is 0 Å². The molecule has 0 amide bonds. The quantitative estimate of drug-likeness (QED) is 0.606. The number of benzene rings is 1. The maximum absolute atomic E-state index is 7.75. The molecule has 1 aromatic carbocycles. The van der Waals surface area contributed by atoms with E-state index in [-0.39, 0.29) is 0 Å². The number of hydrogen-bond acceptors (Lipinski definition) is 4. The molecule has 90 valence electrons. The fourth-order valence-electron chi connectivity index (χ4n) is 1.68. The Kier molecular flexibility index (Phi) is 5.39. The smallest absolute Gasteiger partial charge is 0.157 e. The number of rotatable bonds is 1. The third kappa shape index (κ3) is 3.42. The minimum atomic E-state index is 0.411. The van der Waals surface area contributed by atoms with Gasteiger partial charge in [0.15, 0.2) is 5.17 Å². The fourth-order valence-corrected chi connectivity index (χ4v) is 2.92. The second-order valence-corrected chi connectivity index (χ2v) is 5.04. The number of nitriles is 1. The van der Waals surface area contributed by atoms with E-state index in [1.54, 1.807) is 11.8 Å². The number of thiol groups is 1. The topological polar surface area (TPSA) is 50.9 Å². The van der Waals surface area contributed by atoms with Crippen LogP contribution < -0.4 is 0 Å². The largest absolute Gasteiger partial charge is 0.351 e. The van der Waals surface area contributed by atoms with Crippen LogP contribution >= 0.6 is 24.4 Å². The normalized spacial score (nSPS) is 22.7. The van der Waals surface area contributed by atoms with Gasteiger partial charge in [0, 0.05) is 13.1 Å². The monoisotopic (exact) mass is 265 g/mol. The zero-order valence-electron chi connectivity index (χ0n) is 9.79. The summed E-state index contributed by atoms with van der Waals surface area (Å²) in [4.78, 5) is 2.03. The minimum Gasteiger partial charge on any atom is -0.351 e. The van der Waals surface area contributed by atoms with Crippen LogP contribution in [-0.2, 0) is 0 Å². The van der Waals surface area contributed by atoms with Crippen molar-refractivity contribution >= 4 is 29.6 Å².